The number of hydrogen-bond acceptors (Lipinski definition) is 0. The summed E-state index contributed by atoms with van der Waals surface area (Å²) in [5.74, 6) is 0. The van der Waals surface area contributed by atoms with Crippen LogP contribution in [-0.4, -0.2) is 0 Å². The van der Waals surface area contributed by atoms with Gasteiger partial charge in [0.25, 0.3) is 0 Å². The molecule has 0 saturated heterocycles. The van der Waals surface area contributed by atoms with Crippen LogP contribution in [0.5, 0.6) is 0 Å². The van der Waals surface area contributed by atoms with Gasteiger partial charge in [-0.25, -0.2) is 0 Å². The Kier molecular flexibility index (Phi) is 6.35. The molecule has 11 rings (SSSR count). The first-order valence-electron chi connectivity index (χ1n) is 18.1. The van der Waals surface area contributed by atoms with Crippen molar-refractivity contribution in [3.63, 3.8) is 0 Å². The second-order valence-electron chi connectivity index (χ2n) is 14.0. The first-order chi connectivity index (χ1) is 25.8. The van der Waals surface area contributed by atoms with E-state index in [0.29, 0.717) is 0 Å². The monoisotopic (exact) mass is 656 g/mol. The summed E-state index contributed by atoms with van der Waals surface area (Å²) in [6.45, 7) is 0. The Morgan fingerprint density at radius 2 is 0.692 bits per heavy atom. The minimum Gasteiger partial charge on any atom is -0.0622 e. The first-order valence-corrected chi connectivity index (χ1v) is 18.1. The van der Waals surface area contributed by atoms with Crippen LogP contribution < -0.4 is 0 Å². The maximum atomic E-state index is 2.41. The van der Waals surface area contributed by atoms with Crippen LogP contribution in [0.1, 0.15) is 0 Å². The van der Waals surface area contributed by atoms with Gasteiger partial charge < -0.3 is 0 Å². The summed E-state index contributed by atoms with van der Waals surface area (Å²) in [6.07, 6.45) is 0. The molecule has 0 bridgehead atoms. The fourth-order valence-corrected chi connectivity index (χ4v) is 8.97. The molecule has 52 heavy (non-hydrogen) atoms. The number of fused-ring (bicyclic) bond motifs is 3. The molecule has 0 spiro atoms. The zero-order chi connectivity index (χ0) is 34.2. The molecule has 0 saturated carbocycles. The third-order valence-electron chi connectivity index (χ3n) is 11.2. The molecule has 11 aromatic rings. The highest BCUT2D eigenvalue weighted by molar-refractivity contribution is 6.27. The van der Waals surface area contributed by atoms with Crippen molar-refractivity contribution in [1.82, 2.24) is 0 Å². The van der Waals surface area contributed by atoms with Crippen LogP contribution in [0.2, 0.25) is 0 Å². The van der Waals surface area contributed by atoms with Crippen molar-refractivity contribution in [3.8, 4) is 44.5 Å². The van der Waals surface area contributed by atoms with E-state index in [1.807, 2.05) is 0 Å². The van der Waals surface area contributed by atoms with Crippen molar-refractivity contribution in [3.05, 3.63) is 194 Å². The van der Waals surface area contributed by atoms with Crippen molar-refractivity contribution < 1.29 is 0 Å². The molecule has 0 radical (unpaired) electrons. The fraction of sp³-hybridized carbons (Fsp3) is 0. The summed E-state index contributed by atoms with van der Waals surface area (Å²) in [6, 6.07) is 71.8. The lowest BCUT2D eigenvalue weighted by Gasteiger charge is -2.20. The Morgan fingerprint density at radius 1 is 0.212 bits per heavy atom. The van der Waals surface area contributed by atoms with Crippen LogP contribution in [0.3, 0.4) is 0 Å². The number of rotatable bonds is 4. The SMILES string of the molecule is c1ccc(-c2cccc3cccc(-c4c5ccccc5c(-c5cccc(-c6ccc7ccc8cccc9ccc6c7c89)c5)c5ccccc45)c23)cc1. The molecule has 0 unspecified atom stereocenters. The third kappa shape index (κ3) is 4.28. The van der Waals surface area contributed by atoms with Gasteiger partial charge in [0.15, 0.2) is 0 Å². The lowest BCUT2D eigenvalue weighted by atomic mass is 9.83. The second-order valence-corrected chi connectivity index (χ2v) is 14.0. The molecule has 0 aliphatic heterocycles. The molecule has 0 nitrogen and oxygen atoms in total. The van der Waals surface area contributed by atoms with E-state index in [-0.39, 0.29) is 0 Å². The van der Waals surface area contributed by atoms with Gasteiger partial charge in [-0.15, -0.1) is 0 Å². The summed E-state index contributed by atoms with van der Waals surface area (Å²) < 4.78 is 0. The smallest absolute Gasteiger partial charge is 0.00199 e. The zero-order valence-corrected chi connectivity index (χ0v) is 28.5. The van der Waals surface area contributed by atoms with Crippen LogP contribution in [0.4, 0.5) is 0 Å². The fourth-order valence-electron chi connectivity index (χ4n) is 8.97. The highest BCUT2D eigenvalue weighted by Crippen LogP contribution is 2.48. The molecule has 0 fully saturated rings. The standard InChI is InChI=1S/C52H32/c1-2-12-33(13-3-1)41-24-10-16-34-17-11-25-47(49(34)41)52-44-22-6-4-20-42(44)50(43-21-5-7-23-45(43)52)39-19-9-18-38(32-39)40-30-28-37-27-26-35-14-8-15-36-29-31-46(40)51(37)48(35)36/h1-32H. The highest BCUT2D eigenvalue weighted by Gasteiger charge is 2.20. The van der Waals surface area contributed by atoms with Gasteiger partial charge in [0.2, 0.25) is 0 Å². The minimum atomic E-state index is 1.23. The van der Waals surface area contributed by atoms with E-state index in [1.54, 1.807) is 0 Å². The quantitative estimate of drug-likeness (QED) is 0.131. The summed E-state index contributed by atoms with van der Waals surface area (Å²) >= 11 is 0. The maximum absolute atomic E-state index is 2.41. The summed E-state index contributed by atoms with van der Waals surface area (Å²) in [5, 5.41) is 15.5. The van der Waals surface area contributed by atoms with E-state index in [2.05, 4.69) is 194 Å². The van der Waals surface area contributed by atoms with Gasteiger partial charge in [-0.2, -0.15) is 0 Å². The van der Waals surface area contributed by atoms with E-state index >= 15 is 0 Å². The molecule has 0 N–H and O–H groups in total. The van der Waals surface area contributed by atoms with E-state index in [4.69, 9.17) is 0 Å². The van der Waals surface area contributed by atoms with Gasteiger partial charge in [0, 0.05) is 0 Å². The Bertz CT molecular complexity index is 3090. The van der Waals surface area contributed by atoms with Gasteiger partial charge in [0.1, 0.15) is 0 Å². The predicted molar refractivity (Wildman–Crippen MR) is 224 cm³/mol. The average molecular weight is 657 g/mol. The van der Waals surface area contributed by atoms with Gasteiger partial charge in [0.05, 0.1) is 0 Å². The Morgan fingerprint density at radius 3 is 1.38 bits per heavy atom. The van der Waals surface area contributed by atoms with Crippen molar-refractivity contribution >= 4 is 64.6 Å². The molecule has 240 valence electrons. The number of hydrogen-bond donors (Lipinski definition) is 0. The van der Waals surface area contributed by atoms with Gasteiger partial charge in [-0.05, 0) is 115 Å². The summed E-state index contributed by atoms with van der Waals surface area (Å²) in [7, 11) is 0. The van der Waals surface area contributed by atoms with Crippen LogP contribution in [0, 0.1) is 0 Å². The number of benzene rings is 11. The Hall–Kier alpha value is -6.76. The maximum Gasteiger partial charge on any atom is -0.00199 e. The highest BCUT2D eigenvalue weighted by atomic mass is 14.2. The molecule has 0 heterocycles. The van der Waals surface area contributed by atoms with Crippen LogP contribution in [0.25, 0.3) is 109 Å². The van der Waals surface area contributed by atoms with E-state index in [9.17, 15) is 0 Å². The van der Waals surface area contributed by atoms with E-state index in [1.165, 1.54) is 109 Å². The van der Waals surface area contributed by atoms with Crippen LogP contribution in [-0.2, 0) is 0 Å². The van der Waals surface area contributed by atoms with Gasteiger partial charge in [-0.3, -0.25) is 0 Å². The topological polar surface area (TPSA) is 0 Å². The van der Waals surface area contributed by atoms with Crippen LogP contribution >= 0.6 is 0 Å². The molecule has 0 aromatic heterocycles. The van der Waals surface area contributed by atoms with Gasteiger partial charge >= 0.3 is 0 Å². The predicted octanol–water partition coefficient (Wildman–Crippen LogP) is 14.7. The lowest BCUT2D eigenvalue weighted by Crippen LogP contribution is -1.93. The summed E-state index contributed by atoms with van der Waals surface area (Å²) in [5.41, 5.74) is 10.0. The molecular formula is C52H32. The molecule has 0 aliphatic carbocycles. The Balaban J connectivity index is 1.18. The molecule has 0 amide bonds. The lowest BCUT2D eigenvalue weighted by molar-refractivity contribution is 1.63. The molecule has 0 heteroatoms. The molecule has 0 aliphatic rings. The van der Waals surface area contributed by atoms with Crippen molar-refractivity contribution in [2.75, 3.05) is 0 Å². The van der Waals surface area contributed by atoms with Crippen molar-refractivity contribution in [1.29, 1.82) is 0 Å². The zero-order valence-electron chi connectivity index (χ0n) is 28.5. The van der Waals surface area contributed by atoms with Crippen LogP contribution in [0.15, 0.2) is 194 Å². The summed E-state index contributed by atoms with van der Waals surface area (Å²) in [4.78, 5) is 0. The normalized spacial score (nSPS) is 11.8. The Labute approximate surface area is 302 Å². The van der Waals surface area contributed by atoms with Crippen molar-refractivity contribution in [2.24, 2.45) is 0 Å². The molecule has 11 aromatic carbocycles. The molecular weight excluding hydrogens is 625 g/mol. The first kappa shape index (κ1) is 29.0. The largest absolute Gasteiger partial charge is 0.0622 e. The second kappa shape index (κ2) is 11.4. The molecule has 0 atom stereocenters. The average Bonchev–Trinajstić information content (AvgIpc) is 3.22. The van der Waals surface area contributed by atoms with Gasteiger partial charge in [-0.1, -0.05) is 188 Å². The van der Waals surface area contributed by atoms with E-state index < -0.39 is 0 Å². The van der Waals surface area contributed by atoms with Crippen molar-refractivity contribution in [2.45, 2.75) is 0 Å². The minimum absolute atomic E-state index is 1.23. The third-order valence-corrected chi connectivity index (χ3v) is 11.2. The van der Waals surface area contributed by atoms with E-state index in [0.717, 1.165) is 0 Å².